The number of nitrogens with zero attached hydrogens (tertiary/aromatic N) is 1. The Bertz CT molecular complexity index is 479. The first-order valence-corrected chi connectivity index (χ1v) is 8.48. The van der Waals surface area contributed by atoms with Gasteiger partial charge in [-0.3, -0.25) is 9.69 Å². The average Bonchev–Trinajstić information content (AvgIpc) is 2.99. The van der Waals surface area contributed by atoms with E-state index in [1.807, 2.05) is 30.4 Å². The fourth-order valence-electron chi connectivity index (χ4n) is 2.64. The Labute approximate surface area is 131 Å². The molecule has 3 nitrogen and oxygen atoms in total. The van der Waals surface area contributed by atoms with Crippen LogP contribution in [0.25, 0.3) is 0 Å². The van der Waals surface area contributed by atoms with Crippen molar-refractivity contribution in [1.82, 2.24) is 10.2 Å². The molecule has 1 aliphatic heterocycles. The van der Waals surface area contributed by atoms with E-state index < -0.39 is 0 Å². The number of carbonyl (C=O) groups is 1. The van der Waals surface area contributed by atoms with Crippen molar-refractivity contribution < 1.29 is 4.79 Å². The first-order chi connectivity index (χ1) is 10.3. The Kier molecular flexibility index (Phi) is 6.70. The molecule has 0 aliphatic carbocycles. The van der Waals surface area contributed by atoms with E-state index in [9.17, 15) is 4.79 Å². The van der Waals surface area contributed by atoms with Gasteiger partial charge in [0.05, 0.1) is 0 Å². The summed E-state index contributed by atoms with van der Waals surface area (Å²) in [6.45, 7) is 6.01. The molecule has 0 unspecified atom stereocenters. The summed E-state index contributed by atoms with van der Waals surface area (Å²) in [7, 11) is 0. The molecule has 1 fully saturated rings. The highest BCUT2D eigenvalue weighted by Gasteiger charge is 2.20. The van der Waals surface area contributed by atoms with E-state index >= 15 is 0 Å². The zero-order valence-corrected chi connectivity index (χ0v) is 13.4. The smallest absolute Gasteiger partial charge is 0.243 e. The van der Waals surface area contributed by atoms with Crippen LogP contribution in [0.1, 0.15) is 24.6 Å². The van der Waals surface area contributed by atoms with E-state index in [-0.39, 0.29) is 5.91 Å². The second-order valence-electron chi connectivity index (χ2n) is 5.45. The molecule has 1 amide bonds. The minimum Gasteiger partial charge on any atom is -0.352 e. The molecule has 1 aromatic rings. The summed E-state index contributed by atoms with van der Waals surface area (Å²) in [6, 6.07) is 4.31. The lowest BCUT2D eigenvalue weighted by molar-refractivity contribution is -0.116. The van der Waals surface area contributed by atoms with E-state index in [4.69, 9.17) is 0 Å². The fraction of sp³-hybridized carbons (Fsp3) is 0.471. The highest BCUT2D eigenvalue weighted by molar-refractivity contribution is 7.09. The molecule has 1 aromatic heterocycles. The molecule has 0 bridgehead atoms. The Morgan fingerprint density at radius 1 is 1.52 bits per heavy atom. The predicted molar refractivity (Wildman–Crippen MR) is 89.3 cm³/mol. The van der Waals surface area contributed by atoms with Crippen LogP contribution in [0.3, 0.4) is 0 Å². The molecule has 2 heterocycles. The lowest BCUT2D eigenvalue weighted by Gasteiger charge is -2.32. The summed E-state index contributed by atoms with van der Waals surface area (Å²) in [5, 5.41) is 5.14. The van der Waals surface area contributed by atoms with Gasteiger partial charge >= 0.3 is 0 Å². The highest BCUT2D eigenvalue weighted by atomic mass is 32.1. The van der Waals surface area contributed by atoms with Crippen LogP contribution in [-0.2, 0) is 11.3 Å². The first-order valence-electron chi connectivity index (χ1n) is 7.60. The van der Waals surface area contributed by atoms with Gasteiger partial charge in [-0.2, -0.15) is 0 Å². The van der Waals surface area contributed by atoms with Gasteiger partial charge in [-0.1, -0.05) is 24.3 Å². The summed E-state index contributed by atoms with van der Waals surface area (Å²) >= 11 is 1.82. The molecule has 0 saturated carbocycles. The summed E-state index contributed by atoms with van der Waals surface area (Å²) in [6.07, 6.45) is 9.57. The number of piperidine rings is 1. The number of hydrogen-bond donors (Lipinski definition) is 1. The van der Waals surface area contributed by atoms with Crippen LogP contribution in [0.2, 0.25) is 0 Å². The number of hydrogen-bond acceptors (Lipinski definition) is 3. The lowest BCUT2D eigenvalue weighted by atomic mass is 9.98. The Balaban J connectivity index is 1.72. The van der Waals surface area contributed by atoms with E-state index in [2.05, 4.69) is 27.7 Å². The van der Waals surface area contributed by atoms with Gasteiger partial charge in [0, 0.05) is 30.6 Å². The van der Waals surface area contributed by atoms with Crippen LogP contribution in [0.4, 0.5) is 0 Å². The molecule has 1 atom stereocenters. The molecular weight excluding hydrogens is 280 g/mol. The SMILES string of the molecule is C/C=C/C=C\C(=O)NC[C@H]1CCCN(Cc2cccs2)C1. The van der Waals surface area contributed by atoms with Gasteiger partial charge < -0.3 is 5.32 Å². The van der Waals surface area contributed by atoms with Crippen molar-refractivity contribution in [2.75, 3.05) is 19.6 Å². The van der Waals surface area contributed by atoms with Crippen molar-refractivity contribution in [2.45, 2.75) is 26.3 Å². The zero-order chi connectivity index (χ0) is 14.9. The third kappa shape index (κ3) is 5.86. The van der Waals surface area contributed by atoms with Crippen LogP contribution in [0.15, 0.2) is 41.8 Å². The first kappa shape index (κ1) is 16.0. The summed E-state index contributed by atoms with van der Waals surface area (Å²) in [5.74, 6) is 0.571. The normalized spacial score (nSPS) is 20.3. The van der Waals surface area contributed by atoms with Crippen molar-refractivity contribution in [3.05, 3.63) is 46.7 Å². The minimum absolute atomic E-state index is 0.00322. The standard InChI is InChI=1S/C17H24N2OS/c1-2-3-4-9-17(20)18-12-15-7-5-10-19(13-15)14-16-8-6-11-21-16/h2-4,6,8-9,11,15H,5,7,10,12-14H2,1H3,(H,18,20)/b3-2+,9-4-/t15-/m1/s1. The van der Waals surface area contributed by atoms with Crippen LogP contribution in [0, 0.1) is 5.92 Å². The maximum atomic E-state index is 11.7. The Morgan fingerprint density at radius 3 is 3.19 bits per heavy atom. The van der Waals surface area contributed by atoms with Gasteiger partial charge in [0.1, 0.15) is 0 Å². The number of likely N-dealkylation sites (tertiary alicyclic amines) is 1. The van der Waals surface area contributed by atoms with E-state index in [0.29, 0.717) is 5.92 Å². The molecule has 2 rings (SSSR count). The molecule has 21 heavy (non-hydrogen) atoms. The van der Waals surface area contributed by atoms with Crippen LogP contribution in [-0.4, -0.2) is 30.4 Å². The largest absolute Gasteiger partial charge is 0.352 e. The van der Waals surface area contributed by atoms with Gasteiger partial charge in [0.2, 0.25) is 5.91 Å². The second-order valence-corrected chi connectivity index (χ2v) is 6.49. The Morgan fingerprint density at radius 2 is 2.43 bits per heavy atom. The van der Waals surface area contributed by atoms with Crippen LogP contribution >= 0.6 is 11.3 Å². The predicted octanol–water partition coefficient (Wildman–Crippen LogP) is 3.21. The van der Waals surface area contributed by atoms with E-state index in [1.54, 1.807) is 12.2 Å². The zero-order valence-electron chi connectivity index (χ0n) is 12.6. The van der Waals surface area contributed by atoms with Gasteiger partial charge in [0.15, 0.2) is 0 Å². The average molecular weight is 304 g/mol. The number of thiophene rings is 1. The molecular formula is C17H24N2OS. The highest BCUT2D eigenvalue weighted by Crippen LogP contribution is 2.19. The quantitative estimate of drug-likeness (QED) is 0.646. The maximum absolute atomic E-state index is 11.7. The van der Waals surface area contributed by atoms with Gasteiger partial charge in [-0.05, 0) is 43.7 Å². The molecule has 1 N–H and O–H groups in total. The fourth-order valence-corrected chi connectivity index (χ4v) is 3.39. The topological polar surface area (TPSA) is 32.3 Å². The van der Waals surface area contributed by atoms with Crippen molar-refractivity contribution >= 4 is 17.2 Å². The van der Waals surface area contributed by atoms with Crippen molar-refractivity contribution in [1.29, 1.82) is 0 Å². The minimum atomic E-state index is 0.00322. The molecule has 4 heteroatoms. The van der Waals surface area contributed by atoms with Crippen molar-refractivity contribution in [3.8, 4) is 0 Å². The number of amides is 1. The third-order valence-corrected chi connectivity index (χ3v) is 4.54. The van der Waals surface area contributed by atoms with Crippen LogP contribution < -0.4 is 5.32 Å². The molecule has 1 aliphatic rings. The third-order valence-electron chi connectivity index (χ3n) is 3.68. The van der Waals surface area contributed by atoms with Crippen molar-refractivity contribution in [2.24, 2.45) is 5.92 Å². The maximum Gasteiger partial charge on any atom is 0.243 e. The number of nitrogens with one attached hydrogen (secondary N) is 1. The summed E-state index contributed by atoms with van der Waals surface area (Å²) < 4.78 is 0. The number of carbonyl (C=O) groups excluding carboxylic acids is 1. The molecule has 0 spiro atoms. The number of allylic oxidation sites excluding steroid dienone is 3. The molecule has 1 saturated heterocycles. The van der Waals surface area contributed by atoms with E-state index in [0.717, 1.165) is 19.6 Å². The lowest BCUT2D eigenvalue weighted by Crippen LogP contribution is -2.40. The molecule has 0 aromatic carbocycles. The number of rotatable bonds is 6. The summed E-state index contributed by atoms with van der Waals surface area (Å²) in [5.41, 5.74) is 0. The van der Waals surface area contributed by atoms with Gasteiger partial charge in [-0.25, -0.2) is 0 Å². The van der Waals surface area contributed by atoms with Gasteiger partial charge in [0.25, 0.3) is 0 Å². The monoisotopic (exact) mass is 304 g/mol. The Hall–Kier alpha value is -1.39. The molecule has 0 radical (unpaired) electrons. The summed E-state index contributed by atoms with van der Waals surface area (Å²) in [4.78, 5) is 15.6. The van der Waals surface area contributed by atoms with Crippen molar-refractivity contribution in [3.63, 3.8) is 0 Å². The second kappa shape index (κ2) is 8.80. The molecule has 114 valence electrons. The van der Waals surface area contributed by atoms with Crippen LogP contribution in [0.5, 0.6) is 0 Å². The van der Waals surface area contributed by atoms with E-state index in [1.165, 1.54) is 24.3 Å². The van der Waals surface area contributed by atoms with Gasteiger partial charge in [-0.15, -0.1) is 11.3 Å².